The van der Waals surface area contributed by atoms with Crippen LogP contribution < -0.4 is 4.74 Å². The Kier molecular flexibility index (Phi) is 4.54. The maximum atomic E-state index is 12.0. The van der Waals surface area contributed by atoms with Gasteiger partial charge in [-0.3, -0.25) is 4.79 Å². The summed E-state index contributed by atoms with van der Waals surface area (Å²) in [6.07, 6.45) is -4.77. The Morgan fingerprint density at radius 2 is 1.79 bits per heavy atom. The lowest BCUT2D eigenvalue weighted by Crippen LogP contribution is -2.19. The van der Waals surface area contributed by atoms with E-state index in [-0.39, 0.29) is 11.5 Å². The van der Waals surface area contributed by atoms with Gasteiger partial charge in [0, 0.05) is 5.56 Å². The van der Waals surface area contributed by atoms with Gasteiger partial charge in [-0.05, 0) is 30.2 Å². The lowest BCUT2D eigenvalue weighted by Gasteiger charge is -2.12. The van der Waals surface area contributed by atoms with E-state index in [2.05, 4.69) is 4.74 Å². The lowest BCUT2D eigenvalue weighted by molar-refractivity contribution is -0.274. The van der Waals surface area contributed by atoms with E-state index < -0.39 is 23.8 Å². The molecule has 0 saturated heterocycles. The predicted molar refractivity (Wildman–Crippen MR) is 61.4 cm³/mol. The summed E-state index contributed by atoms with van der Waals surface area (Å²) < 4.78 is 39.6. The van der Waals surface area contributed by atoms with E-state index in [1.54, 1.807) is 13.8 Å². The van der Waals surface area contributed by atoms with E-state index in [4.69, 9.17) is 5.26 Å². The van der Waals surface area contributed by atoms with Crippen LogP contribution in [0, 0.1) is 23.2 Å². The third-order valence-electron chi connectivity index (χ3n) is 2.46. The number of nitriles is 1. The summed E-state index contributed by atoms with van der Waals surface area (Å²) in [5, 5.41) is 8.89. The molecule has 0 saturated carbocycles. The summed E-state index contributed by atoms with van der Waals surface area (Å²) in [7, 11) is 0. The zero-order chi connectivity index (χ0) is 14.6. The van der Waals surface area contributed by atoms with Crippen LogP contribution in [0.15, 0.2) is 24.3 Å². The molecule has 0 amide bonds. The molecule has 0 aromatic heterocycles. The first-order valence-corrected chi connectivity index (χ1v) is 5.54. The molecule has 6 heteroatoms. The molecule has 102 valence electrons. The van der Waals surface area contributed by atoms with E-state index in [9.17, 15) is 18.0 Å². The summed E-state index contributed by atoms with van der Waals surface area (Å²) in [6.45, 7) is 3.46. The van der Waals surface area contributed by atoms with Gasteiger partial charge in [0.2, 0.25) is 0 Å². The van der Waals surface area contributed by atoms with E-state index in [1.807, 2.05) is 6.07 Å². The van der Waals surface area contributed by atoms with Crippen molar-refractivity contribution in [1.29, 1.82) is 5.26 Å². The predicted octanol–water partition coefficient (Wildman–Crippen LogP) is 3.56. The van der Waals surface area contributed by atoms with E-state index in [1.165, 1.54) is 12.1 Å². The van der Waals surface area contributed by atoms with Gasteiger partial charge in [-0.2, -0.15) is 5.26 Å². The second kappa shape index (κ2) is 5.74. The highest BCUT2D eigenvalue weighted by atomic mass is 19.4. The van der Waals surface area contributed by atoms with Crippen molar-refractivity contribution < 1.29 is 22.7 Å². The van der Waals surface area contributed by atoms with Crippen molar-refractivity contribution in [1.82, 2.24) is 0 Å². The number of Topliss-reactive ketones (excluding diaryl/α,β-unsaturated/α-hetero) is 1. The molecule has 0 heterocycles. The quantitative estimate of drug-likeness (QED) is 0.787. The fraction of sp³-hybridized carbons (Fsp3) is 0.385. The first-order valence-electron chi connectivity index (χ1n) is 5.54. The van der Waals surface area contributed by atoms with Crippen LogP contribution in [0.25, 0.3) is 0 Å². The molecule has 3 nitrogen and oxygen atoms in total. The van der Waals surface area contributed by atoms with Crippen LogP contribution in [-0.4, -0.2) is 12.1 Å². The second-order valence-electron chi connectivity index (χ2n) is 4.29. The first kappa shape index (κ1) is 15.0. The van der Waals surface area contributed by atoms with Gasteiger partial charge >= 0.3 is 6.36 Å². The molecule has 0 bridgehead atoms. The van der Waals surface area contributed by atoms with Gasteiger partial charge in [-0.1, -0.05) is 13.8 Å². The summed E-state index contributed by atoms with van der Waals surface area (Å²) in [5.41, 5.74) is 0.190. The first-order chi connectivity index (χ1) is 8.74. The van der Waals surface area contributed by atoms with Crippen molar-refractivity contribution in [2.24, 2.45) is 11.8 Å². The minimum atomic E-state index is -4.77. The summed E-state index contributed by atoms with van der Waals surface area (Å²) in [5.74, 6) is -1.78. The number of nitrogens with zero attached hydrogens (tertiary/aromatic N) is 1. The molecule has 0 aliphatic rings. The normalized spacial score (nSPS) is 12.9. The highest BCUT2D eigenvalue weighted by Crippen LogP contribution is 2.24. The van der Waals surface area contributed by atoms with Gasteiger partial charge in [0.25, 0.3) is 0 Å². The molecule has 1 unspecified atom stereocenters. The van der Waals surface area contributed by atoms with Crippen LogP contribution in [0.3, 0.4) is 0 Å². The summed E-state index contributed by atoms with van der Waals surface area (Å²) >= 11 is 0. The Hall–Kier alpha value is -2.03. The Labute approximate surface area is 108 Å². The number of hydrogen-bond donors (Lipinski definition) is 0. The number of halogens is 3. The average molecular weight is 271 g/mol. The molecular weight excluding hydrogens is 259 g/mol. The SMILES string of the molecule is CC(C)C(C#N)C(=O)c1ccc(OC(F)(F)F)cc1. The number of carbonyl (C=O) groups is 1. The number of alkyl halides is 3. The molecule has 1 aromatic carbocycles. The number of ketones is 1. The number of hydrogen-bond acceptors (Lipinski definition) is 3. The molecule has 1 aromatic rings. The topological polar surface area (TPSA) is 50.1 Å². The standard InChI is InChI=1S/C13H12F3NO2/c1-8(2)11(7-17)12(18)9-3-5-10(6-4-9)19-13(14,15)16/h3-6,8,11H,1-2H3. The molecule has 0 spiro atoms. The third-order valence-corrected chi connectivity index (χ3v) is 2.46. The highest BCUT2D eigenvalue weighted by molar-refractivity contribution is 5.99. The van der Waals surface area contributed by atoms with Crippen molar-refractivity contribution in [2.75, 3.05) is 0 Å². The van der Waals surface area contributed by atoms with Crippen molar-refractivity contribution in [3.8, 4) is 11.8 Å². The molecule has 0 N–H and O–H groups in total. The number of benzene rings is 1. The molecule has 0 radical (unpaired) electrons. The number of ether oxygens (including phenoxy) is 1. The molecule has 0 aliphatic heterocycles. The van der Waals surface area contributed by atoms with Crippen LogP contribution in [0.4, 0.5) is 13.2 Å². The fourth-order valence-corrected chi connectivity index (χ4v) is 1.51. The van der Waals surface area contributed by atoms with Gasteiger partial charge in [-0.25, -0.2) is 0 Å². The minimum absolute atomic E-state index is 0.163. The smallest absolute Gasteiger partial charge is 0.406 e. The highest BCUT2D eigenvalue weighted by Gasteiger charge is 2.31. The number of rotatable bonds is 4. The summed E-state index contributed by atoms with van der Waals surface area (Å²) in [4.78, 5) is 11.9. The van der Waals surface area contributed by atoms with Crippen molar-refractivity contribution in [3.05, 3.63) is 29.8 Å². The van der Waals surface area contributed by atoms with Crippen molar-refractivity contribution in [2.45, 2.75) is 20.2 Å². The molecule has 1 atom stereocenters. The van der Waals surface area contributed by atoms with Gasteiger partial charge in [0.15, 0.2) is 5.78 Å². The Bertz CT molecular complexity index is 486. The van der Waals surface area contributed by atoms with Crippen LogP contribution in [0.1, 0.15) is 24.2 Å². The monoisotopic (exact) mass is 271 g/mol. The molecule has 19 heavy (non-hydrogen) atoms. The largest absolute Gasteiger partial charge is 0.573 e. The number of carbonyl (C=O) groups excluding carboxylic acids is 1. The van der Waals surface area contributed by atoms with E-state index in [0.717, 1.165) is 12.1 Å². The molecule has 0 aliphatic carbocycles. The van der Waals surface area contributed by atoms with Gasteiger partial charge in [0.05, 0.1) is 6.07 Å². The Morgan fingerprint density at radius 3 is 2.16 bits per heavy atom. The molecular formula is C13H12F3NO2. The third kappa shape index (κ3) is 4.28. The van der Waals surface area contributed by atoms with E-state index >= 15 is 0 Å². The molecule has 0 fully saturated rings. The van der Waals surface area contributed by atoms with Gasteiger partial charge < -0.3 is 4.74 Å². The Balaban J connectivity index is 2.88. The second-order valence-corrected chi connectivity index (χ2v) is 4.29. The van der Waals surface area contributed by atoms with Gasteiger partial charge in [0.1, 0.15) is 11.7 Å². The fourth-order valence-electron chi connectivity index (χ4n) is 1.51. The van der Waals surface area contributed by atoms with Crippen molar-refractivity contribution >= 4 is 5.78 Å². The van der Waals surface area contributed by atoms with E-state index in [0.29, 0.717) is 0 Å². The zero-order valence-electron chi connectivity index (χ0n) is 10.4. The van der Waals surface area contributed by atoms with Crippen LogP contribution in [0.2, 0.25) is 0 Å². The molecule has 1 rings (SSSR count). The summed E-state index contributed by atoms with van der Waals surface area (Å²) in [6, 6.07) is 6.43. The average Bonchev–Trinajstić information content (AvgIpc) is 2.28. The van der Waals surface area contributed by atoms with Gasteiger partial charge in [-0.15, -0.1) is 13.2 Å². The maximum absolute atomic E-state index is 12.0. The van der Waals surface area contributed by atoms with Crippen molar-refractivity contribution in [3.63, 3.8) is 0 Å². The maximum Gasteiger partial charge on any atom is 0.573 e. The van der Waals surface area contributed by atoms with Crippen LogP contribution >= 0.6 is 0 Å². The zero-order valence-corrected chi connectivity index (χ0v) is 10.4. The Morgan fingerprint density at radius 1 is 1.26 bits per heavy atom. The lowest BCUT2D eigenvalue weighted by atomic mass is 9.89. The van der Waals surface area contributed by atoms with Crippen LogP contribution in [-0.2, 0) is 0 Å². The van der Waals surface area contributed by atoms with Crippen LogP contribution in [0.5, 0.6) is 5.75 Å². The minimum Gasteiger partial charge on any atom is -0.406 e.